The number of hydrogen-bond donors (Lipinski definition) is 2. The smallest absolute Gasteiger partial charge is 0.306 e. The lowest BCUT2D eigenvalue weighted by atomic mass is 9.70. The van der Waals surface area contributed by atoms with E-state index in [-0.39, 0.29) is 43.9 Å². The maximum atomic E-state index is 14.9. The highest BCUT2D eigenvalue weighted by molar-refractivity contribution is 6.05. The van der Waals surface area contributed by atoms with Gasteiger partial charge in [-0.3, -0.25) is 19.2 Å². The summed E-state index contributed by atoms with van der Waals surface area (Å²) in [6.45, 7) is 8.06. The number of unbranched alkanes of at least 4 members (excludes halogenated alkanes) is 2. The van der Waals surface area contributed by atoms with Gasteiger partial charge in [0.25, 0.3) is 5.91 Å². The van der Waals surface area contributed by atoms with Gasteiger partial charge in [0.15, 0.2) is 0 Å². The Morgan fingerprint density at radius 3 is 2.53 bits per heavy atom. The first-order valence-corrected chi connectivity index (χ1v) is 17.9. The summed E-state index contributed by atoms with van der Waals surface area (Å²) < 4.78 is 12.3. The molecule has 0 unspecified atom stereocenters. The van der Waals surface area contributed by atoms with Crippen LogP contribution in [0.25, 0.3) is 10.8 Å². The van der Waals surface area contributed by atoms with Gasteiger partial charge >= 0.3 is 5.97 Å². The molecule has 3 amide bonds. The van der Waals surface area contributed by atoms with E-state index in [1.807, 2.05) is 72.8 Å². The van der Waals surface area contributed by atoms with E-state index < -0.39 is 41.6 Å². The molecule has 0 radical (unpaired) electrons. The molecule has 10 nitrogen and oxygen atoms in total. The van der Waals surface area contributed by atoms with Crippen LogP contribution in [0.5, 0.6) is 0 Å². The van der Waals surface area contributed by atoms with Crippen LogP contribution in [0, 0.1) is 11.8 Å². The standard InChI is InChI=1S/C41H47N3O7/c1-3-5-18-34(46)50-27-32(29-15-8-6-9-16-29)42-38(47)35-33-21-22-41(51-33)36(35)39(48)44(24-12-7-13-25-45)37(41)40(49)43(23-4-2)31-20-19-28-14-10-11-17-30(28)26-31/h3-4,6,8-11,14-17,19-20,26,32-33,35-37,45H,1-2,5,7,12-13,18,21-25,27H2,(H,42,47)/t32-,33+,35-,36-,37+,41-/m0/s1. The van der Waals surface area contributed by atoms with Crippen LogP contribution in [-0.2, 0) is 28.7 Å². The summed E-state index contributed by atoms with van der Waals surface area (Å²) in [5.41, 5.74) is 0.252. The molecule has 1 spiro atoms. The van der Waals surface area contributed by atoms with Gasteiger partial charge in [-0.15, -0.1) is 13.2 Å². The van der Waals surface area contributed by atoms with Crippen LogP contribution in [0.4, 0.5) is 5.69 Å². The van der Waals surface area contributed by atoms with E-state index >= 15 is 0 Å². The molecule has 6 atom stereocenters. The quantitative estimate of drug-likeness (QED) is 0.112. The highest BCUT2D eigenvalue weighted by Gasteiger charge is 2.74. The van der Waals surface area contributed by atoms with E-state index in [9.17, 15) is 24.3 Å². The number of anilines is 1. The number of rotatable bonds is 17. The molecule has 3 aliphatic rings. The number of allylic oxidation sites excluding steroid dienone is 1. The SMILES string of the molecule is C=CCCC(=O)OC[C@H](NC(=O)[C@@H]1[C@H]2C(=O)N(CCCCCO)[C@H](C(=O)N(CC=C)c3ccc4ccccc4c3)[C@]23CC[C@H]1O3)c1ccccc1. The Bertz CT molecular complexity index is 1760. The van der Waals surface area contributed by atoms with Gasteiger partial charge in [0, 0.05) is 31.8 Å². The predicted octanol–water partition coefficient (Wildman–Crippen LogP) is 5.26. The molecule has 6 rings (SSSR count). The van der Waals surface area contributed by atoms with Gasteiger partial charge in [0.1, 0.15) is 18.2 Å². The molecule has 3 saturated heterocycles. The average Bonchev–Trinajstić information content (AvgIpc) is 3.80. The van der Waals surface area contributed by atoms with E-state index in [0.717, 1.165) is 16.3 Å². The Morgan fingerprint density at radius 2 is 1.78 bits per heavy atom. The topological polar surface area (TPSA) is 125 Å². The molecule has 3 fully saturated rings. The van der Waals surface area contributed by atoms with Gasteiger partial charge in [-0.2, -0.15) is 0 Å². The molecule has 2 bridgehead atoms. The number of hydrogen-bond acceptors (Lipinski definition) is 7. The molecule has 0 aromatic heterocycles. The lowest BCUT2D eigenvalue weighted by Gasteiger charge is -2.37. The number of fused-ring (bicyclic) bond motifs is 2. The van der Waals surface area contributed by atoms with Crippen molar-refractivity contribution in [1.82, 2.24) is 10.2 Å². The number of nitrogens with one attached hydrogen (secondary N) is 1. The Kier molecular flexibility index (Phi) is 11.3. The maximum absolute atomic E-state index is 14.9. The van der Waals surface area contributed by atoms with Crippen molar-refractivity contribution < 1.29 is 33.8 Å². The fourth-order valence-corrected chi connectivity index (χ4v) is 8.13. The number of aliphatic hydroxyl groups is 1. The number of aliphatic hydroxyl groups excluding tert-OH is 1. The number of benzene rings is 3. The fourth-order valence-electron chi connectivity index (χ4n) is 8.13. The minimum absolute atomic E-state index is 0.0388. The van der Waals surface area contributed by atoms with Crippen LogP contribution < -0.4 is 10.2 Å². The van der Waals surface area contributed by atoms with Gasteiger partial charge in [-0.25, -0.2) is 0 Å². The Hall–Kier alpha value is -4.80. The lowest BCUT2D eigenvalue weighted by molar-refractivity contribution is -0.146. The summed E-state index contributed by atoms with van der Waals surface area (Å²) >= 11 is 0. The van der Waals surface area contributed by atoms with Crippen LogP contribution in [0.15, 0.2) is 98.1 Å². The van der Waals surface area contributed by atoms with E-state index in [1.54, 1.807) is 22.0 Å². The molecule has 10 heteroatoms. The van der Waals surface area contributed by atoms with Crippen LogP contribution in [0.1, 0.15) is 56.6 Å². The summed E-state index contributed by atoms with van der Waals surface area (Å²) in [4.78, 5) is 59.5. The number of ether oxygens (including phenoxy) is 2. The molecule has 2 N–H and O–H groups in total. The van der Waals surface area contributed by atoms with Crippen molar-refractivity contribution >= 4 is 40.2 Å². The summed E-state index contributed by atoms with van der Waals surface area (Å²) in [5.74, 6) is -3.02. The minimum Gasteiger partial charge on any atom is -0.463 e. The monoisotopic (exact) mass is 693 g/mol. The number of likely N-dealkylation sites (tertiary alicyclic amines) is 1. The summed E-state index contributed by atoms with van der Waals surface area (Å²) in [7, 11) is 0. The second-order valence-electron chi connectivity index (χ2n) is 13.6. The van der Waals surface area contributed by atoms with Gasteiger partial charge in [0.05, 0.1) is 24.0 Å². The molecule has 3 aromatic carbocycles. The van der Waals surface area contributed by atoms with Crippen molar-refractivity contribution in [2.75, 3.05) is 31.2 Å². The maximum Gasteiger partial charge on any atom is 0.306 e. The Labute approximate surface area is 299 Å². The number of nitrogens with zero attached hydrogens (tertiary/aromatic N) is 2. The summed E-state index contributed by atoms with van der Waals surface area (Å²) in [6.07, 6.45) is 6.26. The molecule has 3 heterocycles. The van der Waals surface area contributed by atoms with Gasteiger partial charge in [-0.05, 0) is 67.0 Å². The zero-order valence-corrected chi connectivity index (χ0v) is 29.0. The van der Waals surface area contributed by atoms with Crippen molar-refractivity contribution in [3.8, 4) is 0 Å². The van der Waals surface area contributed by atoms with Crippen molar-refractivity contribution in [3.63, 3.8) is 0 Å². The first-order chi connectivity index (χ1) is 24.8. The van der Waals surface area contributed by atoms with Crippen molar-refractivity contribution in [2.24, 2.45) is 11.8 Å². The zero-order valence-electron chi connectivity index (χ0n) is 29.0. The normalized spacial score (nSPS) is 23.9. The van der Waals surface area contributed by atoms with Gasteiger partial charge in [-0.1, -0.05) is 72.8 Å². The van der Waals surface area contributed by atoms with Crippen molar-refractivity contribution in [3.05, 3.63) is 104 Å². The van der Waals surface area contributed by atoms with E-state index in [2.05, 4.69) is 18.5 Å². The number of carbonyl (C=O) groups excluding carboxylic acids is 4. The number of esters is 1. The second-order valence-corrected chi connectivity index (χ2v) is 13.6. The van der Waals surface area contributed by atoms with Crippen LogP contribution >= 0.6 is 0 Å². The average molecular weight is 694 g/mol. The molecular weight excluding hydrogens is 646 g/mol. The van der Waals surface area contributed by atoms with Crippen molar-refractivity contribution in [2.45, 2.75) is 68.7 Å². The van der Waals surface area contributed by atoms with E-state index in [0.29, 0.717) is 50.8 Å². The highest BCUT2D eigenvalue weighted by atomic mass is 16.5. The van der Waals surface area contributed by atoms with Gasteiger partial charge in [0.2, 0.25) is 11.8 Å². The highest BCUT2D eigenvalue weighted by Crippen LogP contribution is 2.58. The summed E-state index contributed by atoms with van der Waals surface area (Å²) in [5, 5.41) is 14.5. The Balaban J connectivity index is 1.31. The molecule has 0 saturated carbocycles. The van der Waals surface area contributed by atoms with Crippen molar-refractivity contribution in [1.29, 1.82) is 0 Å². The molecule has 268 valence electrons. The molecule has 3 aliphatic heterocycles. The first kappa shape index (κ1) is 36.0. The summed E-state index contributed by atoms with van der Waals surface area (Å²) in [6, 6.07) is 21.4. The molecule has 0 aliphatic carbocycles. The third-order valence-corrected chi connectivity index (χ3v) is 10.5. The molecule has 3 aromatic rings. The third-order valence-electron chi connectivity index (χ3n) is 10.5. The third kappa shape index (κ3) is 7.21. The first-order valence-electron chi connectivity index (χ1n) is 17.9. The van der Waals surface area contributed by atoms with E-state index in [1.165, 1.54) is 0 Å². The fraction of sp³-hybridized carbons (Fsp3) is 0.415. The van der Waals surface area contributed by atoms with E-state index in [4.69, 9.17) is 9.47 Å². The second kappa shape index (κ2) is 16.0. The zero-order chi connectivity index (χ0) is 36.0. The number of carbonyl (C=O) groups is 4. The lowest BCUT2D eigenvalue weighted by Crippen LogP contribution is -2.56. The van der Waals surface area contributed by atoms with Crippen LogP contribution in [0.3, 0.4) is 0 Å². The van der Waals surface area contributed by atoms with Gasteiger partial charge < -0.3 is 29.7 Å². The molecular formula is C41H47N3O7. The number of amides is 3. The Morgan fingerprint density at radius 1 is 1.02 bits per heavy atom. The minimum atomic E-state index is -1.19. The van der Waals surface area contributed by atoms with Crippen LogP contribution in [0.2, 0.25) is 0 Å². The predicted molar refractivity (Wildman–Crippen MR) is 194 cm³/mol. The largest absolute Gasteiger partial charge is 0.463 e. The molecule has 51 heavy (non-hydrogen) atoms. The van der Waals surface area contributed by atoms with Crippen LogP contribution in [-0.4, -0.2) is 77.7 Å².